The third kappa shape index (κ3) is 6.91. The summed E-state index contributed by atoms with van der Waals surface area (Å²) in [5, 5.41) is 0. The molecule has 0 aromatic rings. The first-order valence-corrected chi connectivity index (χ1v) is 6.49. The maximum atomic E-state index is 5.76. The predicted octanol–water partition coefficient (Wildman–Crippen LogP) is 3.79. The summed E-state index contributed by atoms with van der Waals surface area (Å²) in [6.45, 7) is 11.1. The minimum absolute atomic E-state index is 0.369. The summed E-state index contributed by atoms with van der Waals surface area (Å²) in [5.74, 6) is 0. The van der Waals surface area contributed by atoms with E-state index in [0.717, 1.165) is 6.61 Å². The van der Waals surface area contributed by atoms with E-state index >= 15 is 0 Å². The fourth-order valence-corrected chi connectivity index (χ4v) is 1.96. The summed E-state index contributed by atoms with van der Waals surface area (Å²) in [7, 11) is 0. The van der Waals surface area contributed by atoms with Crippen molar-refractivity contribution in [3.8, 4) is 0 Å². The predicted molar refractivity (Wildman–Crippen MR) is 65.2 cm³/mol. The Morgan fingerprint density at radius 1 is 1.00 bits per heavy atom. The van der Waals surface area contributed by atoms with E-state index < -0.39 is 0 Å². The molecule has 0 spiro atoms. The van der Waals surface area contributed by atoms with E-state index in [0.29, 0.717) is 18.3 Å². The Labute approximate surface area is 95.3 Å². The monoisotopic (exact) mass is 216 g/mol. The molecule has 15 heavy (non-hydrogen) atoms. The molecule has 2 heteroatoms. The van der Waals surface area contributed by atoms with Crippen LogP contribution >= 0.6 is 0 Å². The molecule has 0 N–H and O–H groups in total. The summed E-state index contributed by atoms with van der Waals surface area (Å²) < 4.78 is 11.3. The minimum atomic E-state index is 0.369. The van der Waals surface area contributed by atoms with Crippen LogP contribution in [0.5, 0.6) is 0 Å². The molecule has 0 aliphatic heterocycles. The van der Waals surface area contributed by atoms with Crippen molar-refractivity contribution in [1.82, 2.24) is 0 Å². The fraction of sp³-hybridized carbons (Fsp3) is 1.00. The Hall–Kier alpha value is -0.0800. The van der Waals surface area contributed by atoms with Crippen molar-refractivity contribution in [2.24, 2.45) is 0 Å². The van der Waals surface area contributed by atoms with Crippen LogP contribution in [0.2, 0.25) is 0 Å². The van der Waals surface area contributed by atoms with E-state index in [-0.39, 0.29) is 0 Å². The summed E-state index contributed by atoms with van der Waals surface area (Å²) >= 11 is 0. The highest BCUT2D eigenvalue weighted by molar-refractivity contribution is 4.73. The molecule has 1 aliphatic rings. The molecule has 0 heterocycles. The van der Waals surface area contributed by atoms with Gasteiger partial charge in [-0.2, -0.15) is 0 Å². The minimum Gasteiger partial charge on any atom is -0.379 e. The van der Waals surface area contributed by atoms with E-state index in [4.69, 9.17) is 9.47 Å². The standard InChI is InChI=1S/C11H22O2.C2H6/c1-4-12-10-5-7-11(8-6-10)13-9(2)3;1-2/h9-11H,4-8H2,1-3H3;1-2H3. The van der Waals surface area contributed by atoms with Crippen LogP contribution < -0.4 is 0 Å². The Morgan fingerprint density at radius 2 is 1.47 bits per heavy atom. The lowest BCUT2D eigenvalue weighted by atomic mass is 9.95. The van der Waals surface area contributed by atoms with Crippen molar-refractivity contribution >= 4 is 0 Å². The van der Waals surface area contributed by atoms with Crippen molar-refractivity contribution in [2.45, 2.75) is 78.6 Å². The van der Waals surface area contributed by atoms with Crippen molar-refractivity contribution < 1.29 is 9.47 Å². The van der Waals surface area contributed by atoms with E-state index in [2.05, 4.69) is 20.8 Å². The molecule has 0 saturated heterocycles. The molecule has 0 amide bonds. The summed E-state index contributed by atoms with van der Waals surface area (Å²) in [6, 6.07) is 0. The largest absolute Gasteiger partial charge is 0.379 e. The van der Waals surface area contributed by atoms with Gasteiger partial charge in [-0.25, -0.2) is 0 Å². The zero-order valence-electron chi connectivity index (χ0n) is 11.1. The van der Waals surface area contributed by atoms with Crippen molar-refractivity contribution in [1.29, 1.82) is 0 Å². The average Bonchev–Trinajstić information content (AvgIpc) is 2.24. The van der Waals surface area contributed by atoms with Gasteiger partial charge in [-0.3, -0.25) is 0 Å². The first-order chi connectivity index (χ1) is 7.22. The normalized spacial score (nSPS) is 26.0. The van der Waals surface area contributed by atoms with E-state index in [1.807, 2.05) is 13.8 Å². The van der Waals surface area contributed by atoms with E-state index in [9.17, 15) is 0 Å². The lowest BCUT2D eigenvalue weighted by molar-refractivity contribution is -0.0493. The van der Waals surface area contributed by atoms with Gasteiger partial charge >= 0.3 is 0 Å². The van der Waals surface area contributed by atoms with Gasteiger partial charge in [0.25, 0.3) is 0 Å². The second-order valence-corrected chi connectivity index (χ2v) is 4.04. The molecule has 1 saturated carbocycles. The van der Waals surface area contributed by atoms with Crippen LogP contribution in [0, 0.1) is 0 Å². The van der Waals surface area contributed by atoms with Crippen LogP contribution in [0.1, 0.15) is 60.3 Å². The maximum absolute atomic E-state index is 5.76. The summed E-state index contributed by atoms with van der Waals surface area (Å²) in [6.07, 6.45) is 6.03. The van der Waals surface area contributed by atoms with Crippen LogP contribution in [0.4, 0.5) is 0 Å². The molecule has 1 rings (SSSR count). The lowest BCUT2D eigenvalue weighted by Crippen LogP contribution is -2.28. The van der Waals surface area contributed by atoms with Gasteiger partial charge in [-0.05, 0) is 46.5 Å². The van der Waals surface area contributed by atoms with Gasteiger partial charge in [0.15, 0.2) is 0 Å². The highest BCUT2D eigenvalue weighted by Gasteiger charge is 2.22. The quantitative estimate of drug-likeness (QED) is 0.712. The van der Waals surface area contributed by atoms with E-state index in [1.165, 1.54) is 25.7 Å². The molecule has 0 aromatic heterocycles. The second-order valence-electron chi connectivity index (χ2n) is 4.04. The van der Waals surface area contributed by atoms with Crippen LogP contribution in [-0.4, -0.2) is 24.9 Å². The maximum Gasteiger partial charge on any atom is 0.0580 e. The van der Waals surface area contributed by atoms with Crippen LogP contribution in [0.15, 0.2) is 0 Å². The van der Waals surface area contributed by atoms with Gasteiger partial charge in [-0.1, -0.05) is 13.8 Å². The molecule has 1 fully saturated rings. The van der Waals surface area contributed by atoms with Gasteiger partial charge < -0.3 is 9.47 Å². The Morgan fingerprint density at radius 3 is 1.87 bits per heavy atom. The summed E-state index contributed by atoms with van der Waals surface area (Å²) in [5.41, 5.74) is 0. The Kier molecular flexibility index (Phi) is 9.12. The smallest absolute Gasteiger partial charge is 0.0580 e. The molecule has 2 nitrogen and oxygen atoms in total. The Bertz CT molecular complexity index is 126. The zero-order chi connectivity index (χ0) is 11.7. The number of hydrogen-bond donors (Lipinski definition) is 0. The van der Waals surface area contributed by atoms with E-state index in [1.54, 1.807) is 0 Å². The van der Waals surface area contributed by atoms with Gasteiger partial charge in [0.1, 0.15) is 0 Å². The number of hydrogen-bond acceptors (Lipinski definition) is 2. The molecule has 0 unspecified atom stereocenters. The average molecular weight is 216 g/mol. The molecule has 0 atom stereocenters. The molecular weight excluding hydrogens is 188 g/mol. The van der Waals surface area contributed by atoms with Crippen molar-refractivity contribution in [3.63, 3.8) is 0 Å². The topological polar surface area (TPSA) is 18.5 Å². The second kappa shape index (κ2) is 9.17. The van der Waals surface area contributed by atoms with Crippen LogP contribution in [0.25, 0.3) is 0 Å². The highest BCUT2D eigenvalue weighted by atomic mass is 16.5. The Balaban J connectivity index is 0.000000921. The first-order valence-electron chi connectivity index (χ1n) is 6.49. The van der Waals surface area contributed by atoms with Crippen molar-refractivity contribution in [3.05, 3.63) is 0 Å². The van der Waals surface area contributed by atoms with Gasteiger partial charge in [-0.15, -0.1) is 0 Å². The molecular formula is C13H28O2. The lowest BCUT2D eigenvalue weighted by Gasteiger charge is -2.29. The first kappa shape index (κ1) is 14.9. The molecule has 0 radical (unpaired) electrons. The third-order valence-electron chi connectivity index (χ3n) is 2.49. The van der Waals surface area contributed by atoms with Crippen molar-refractivity contribution in [2.75, 3.05) is 6.61 Å². The third-order valence-corrected chi connectivity index (χ3v) is 2.49. The number of ether oxygens (including phenoxy) is 2. The van der Waals surface area contributed by atoms with Gasteiger partial charge in [0.2, 0.25) is 0 Å². The zero-order valence-corrected chi connectivity index (χ0v) is 11.1. The van der Waals surface area contributed by atoms with Crippen LogP contribution in [-0.2, 0) is 9.47 Å². The molecule has 0 aromatic carbocycles. The highest BCUT2D eigenvalue weighted by Crippen LogP contribution is 2.24. The van der Waals surface area contributed by atoms with Gasteiger partial charge in [0, 0.05) is 6.61 Å². The SMILES string of the molecule is CC.CCOC1CCC(OC(C)C)CC1. The molecule has 1 aliphatic carbocycles. The fourth-order valence-electron chi connectivity index (χ4n) is 1.96. The van der Waals surface area contributed by atoms with Crippen LogP contribution in [0.3, 0.4) is 0 Å². The van der Waals surface area contributed by atoms with Gasteiger partial charge in [0.05, 0.1) is 18.3 Å². The molecule has 0 bridgehead atoms. The number of rotatable bonds is 4. The molecule has 92 valence electrons. The summed E-state index contributed by atoms with van der Waals surface area (Å²) in [4.78, 5) is 0.